The van der Waals surface area contributed by atoms with Gasteiger partial charge in [-0.05, 0) is 52.4 Å². The summed E-state index contributed by atoms with van der Waals surface area (Å²) in [6.45, 7) is 3.62. The first-order valence-electron chi connectivity index (χ1n) is 6.21. The molecule has 0 heterocycles. The van der Waals surface area contributed by atoms with Gasteiger partial charge in [0.05, 0.1) is 11.2 Å². The van der Waals surface area contributed by atoms with Gasteiger partial charge in [-0.2, -0.15) is 0 Å². The SMILES string of the molecule is C[C@@]1(O)CCC[C@H]1N.C[C@]1(O)CCC[C@@H]1N.Cl.Cl. The molecule has 6 heteroatoms. The van der Waals surface area contributed by atoms with Crippen molar-refractivity contribution in [2.75, 3.05) is 0 Å². The van der Waals surface area contributed by atoms with Gasteiger partial charge in [0.25, 0.3) is 0 Å². The lowest BCUT2D eigenvalue weighted by molar-refractivity contribution is 0.0514. The molecule has 2 rings (SSSR count). The summed E-state index contributed by atoms with van der Waals surface area (Å²) in [7, 11) is 0. The second-order valence-corrected chi connectivity index (χ2v) is 5.71. The Balaban J connectivity index is 0. The summed E-state index contributed by atoms with van der Waals surface area (Å²) in [4.78, 5) is 0. The van der Waals surface area contributed by atoms with Crippen LogP contribution in [0.25, 0.3) is 0 Å². The molecule has 0 bridgehead atoms. The van der Waals surface area contributed by atoms with Crippen LogP contribution in [0.2, 0.25) is 0 Å². The quantitative estimate of drug-likeness (QED) is 0.543. The van der Waals surface area contributed by atoms with E-state index in [-0.39, 0.29) is 36.9 Å². The van der Waals surface area contributed by atoms with Crippen molar-refractivity contribution in [2.24, 2.45) is 11.5 Å². The van der Waals surface area contributed by atoms with Crippen molar-refractivity contribution < 1.29 is 10.2 Å². The summed E-state index contributed by atoms with van der Waals surface area (Å²) in [6, 6.07) is 0.0324. The van der Waals surface area contributed by atoms with Crippen molar-refractivity contribution in [1.82, 2.24) is 0 Å². The van der Waals surface area contributed by atoms with Crippen LogP contribution in [0.15, 0.2) is 0 Å². The third-order valence-electron chi connectivity index (χ3n) is 3.99. The van der Waals surface area contributed by atoms with Crippen molar-refractivity contribution in [1.29, 1.82) is 0 Å². The zero-order valence-electron chi connectivity index (χ0n) is 11.3. The highest BCUT2D eigenvalue weighted by molar-refractivity contribution is 5.85. The summed E-state index contributed by atoms with van der Waals surface area (Å²) in [5, 5.41) is 18.7. The topological polar surface area (TPSA) is 92.5 Å². The number of halogens is 2. The largest absolute Gasteiger partial charge is 0.389 e. The predicted octanol–water partition coefficient (Wildman–Crippen LogP) is 1.34. The molecule has 0 radical (unpaired) electrons. The standard InChI is InChI=1S/2C6H13NO.2ClH/c2*1-6(8)4-2-3-5(6)7;;/h2*5,8H,2-4,7H2,1H3;2*1H/t2*5-,6-;;/m10../s1. The van der Waals surface area contributed by atoms with E-state index in [4.69, 9.17) is 11.5 Å². The van der Waals surface area contributed by atoms with Crippen LogP contribution in [0.4, 0.5) is 0 Å². The lowest BCUT2D eigenvalue weighted by atomic mass is 10.0. The first kappa shape index (κ1) is 20.7. The molecule has 2 saturated carbocycles. The first-order valence-corrected chi connectivity index (χ1v) is 6.21. The highest BCUT2D eigenvalue weighted by Crippen LogP contribution is 2.27. The number of hydrogen-bond donors (Lipinski definition) is 4. The average molecular weight is 303 g/mol. The third-order valence-corrected chi connectivity index (χ3v) is 3.99. The van der Waals surface area contributed by atoms with Crippen LogP contribution in [0.5, 0.6) is 0 Å². The molecule has 0 unspecified atom stereocenters. The highest BCUT2D eigenvalue weighted by atomic mass is 35.5. The van der Waals surface area contributed by atoms with Crippen molar-refractivity contribution in [3.05, 3.63) is 0 Å². The Kier molecular flexibility index (Phi) is 9.07. The van der Waals surface area contributed by atoms with Gasteiger partial charge in [-0.15, -0.1) is 24.8 Å². The molecule has 112 valence electrons. The molecular weight excluding hydrogens is 275 g/mol. The van der Waals surface area contributed by atoms with Gasteiger partial charge < -0.3 is 21.7 Å². The predicted molar refractivity (Wildman–Crippen MR) is 79.4 cm³/mol. The Morgan fingerprint density at radius 3 is 1.17 bits per heavy atom. The summed E-state index contributed by atoms with van der Waals surface area (Å²) in [5.74, 6) is 0. The molecule has 18 heavy (non-hydrogen) atoms. The van der Waals surface area contributed by atoms with Gasteiger partial charge in [-0.25, -0.2) is 0 Å². The first-order chi connectivity index (χ1) is 7.26. The number of hydrogen-bond acceptors (Lipinski definition) is 4. The Hall–Kier alpha value is 0.420. The van der Waals surface area contributed by atoms with Crippen LogP contribution in [0.3, 0.4) is 0 Å². The Morgan fingerprint density at radius 1 is 0.833 bits per heavy atom. The van der Waals surface area contributed by atoms with E-state index in [1.807, 2.05) is 13.8 Å². The van der Waals surface area contributed by atoms with E-state index in [1.165, 1.54) is 0 Å². The van der Waals surface area contributed by atoms with E-state index in [0.29, 0.717) is 0 Å². The fourth-order valence-electron chi connectivity index (χ4n) is 2.35. The maximum atomic E-state index is 9.34. The zero-order chi connectivity index (χ0) is 12.4. The van der Waals surface area contributed by atoms with E-state index >= 15 is 0 Å². The Bertz CT molecular complexity index is 214. The summed E-state index contributed by atoms with van der Waals surface area (Å²) in [6.07, 6.45) is 5.85. The second-order valence-electron chi connectivity index (χ2n) is 5.71. The van der Waals surface area contributed by atoms with Gasteiger partial charge in [0.1, 0.15) is 0 Å². The van der Waals surface area contributed by atoms with E-state index in [0.717, 1.165) is 38.5 Å². The van der Waals surface area contributed by atoms with Crippen molar-refractivity contribution in [2.45, 2.75) is 75.7 Å². The van der Waals surface area contributed by atoms with Crippen LogP contribution in [0, 0.1) is 0 Å². The maximum Gasteiger partial charge on any atom is 0.0769 e. The molecule has 4 atom stereocenters. The monoisotopic (exact) mass is 302 g/mol. The molecule has 2 aliphatic carbocycles. The molecule has 2 fully saturated rings. The Labute approximate surface area is 122 Å². The molecule has 0 spiro atoms. The van der Waals surface area contributed by atoms with Crippen molar-refractivity contribution in [3.8, 4) is 0 Å². The smallest absolute Gasteiger partial charge is 0.0769 e. The van der Waals surface area contributed by atoms with Gasteiger partial charge >= 0.3 is 0 Å². The van der Waals surface area contributed by atoms with Crippen LogP contribution in [-0.4, -0.2) is 33.5 Å². The fourth-order valence-corrected chi connectivity index (χ4v) is 2.35. The zero-order valence-corrected chi connectivity index (χ0v) is 12.9. The Morgan fingerprint density at radius 2 is 1.11 bits per heavy atom. The van der Waals surface area contributed by atoms with Gasteiger partial charge in [0.15, 0.2) is 0 Å². The molecule has 6 N–H and O–H groups in total. The minimum atomic E-state index is -0.569. The van der Waals surface area contributed by atoms with Crippen molar-refractivity contribution in [3.63, 3.8) is 0 Å². The molecule has 0 amide bonds. The van der Waals surface area contributed by atoms with E-state index in [9.17, 15) is 10.2 Å². The van der Waals surface area contributed by atoms with E-state index in [1.54, 1.807) is 0 Å². The molecule has 0 aromatic rings. The molecule has 0 saturated heterocycles. The molecule has 0 aromatic carbocycles. The molecule has 0 aromatic heterocycles. The highest BCUT2D eigenvalue weighted by Gasteiger charge is 2.34. The summed E-state index contributed by atoms with van der Waals surface area (Å²) < 4.78 is 0. The maximum absolute atomic E-state index is 9.34. The fraction of sp³-hybridized carbons (Fsp3) is 1.00. The van der Waals surface area contributed by atoms with E-state index < -0.39 is 11.2 Å². The van der Waals surface area contributed by atoms with Crippen LogP contribution in [0.1, 0.15) is 52.4 Å². The average Bonchev–Trinajstić information content (AvgIpc) is 2.60. The molecule has 2 aliphatic rings. The minimum absolute atomic E-state index is 0. The molecule has 0 aliphatic heterocycles. The van der Waals surface area contributed by atoms with Crippen LogP contribution >= 0.6 is 24.8 Å². The molecule has 4 nitrogen and oxygen atoms in total. The van der Waals surface area contributed by atoms with Crippen molar-refractivity contribution >= 4 is 24.8 Å². The van der Waals surface area contributed by atoms with Gasteiger partial charge in [0, 0.05) is 12.1 Å². The van der Waals surface area contributed by atoms with E-state index in [2.05, 4.69) is 0 Å². The lowest BCUT2D eigenvalue weighted by Gasteiger charge is -2.20. The summed E-state index contributed by atoms with van der Waals surface area (Å²) in [5.41, 5.74) is 9.99. The van der Waals surface area contributed by atoms with Gasteiger partial charge in [-0.3, -0.25) is 0 Å². The van der Waals surface area contributed by atoms with Crippen LogP contribution < -0.4 is 11.5 Å². The number of nitrogens with two attached hydrogens (primary N) is 2. The number of aliphatic hydroxyl groups is 2. The second kappa shape index (κ2) is 7.88. The van der Waals surface area contributed by atoms with Gasteiger partial charge in [0.2, 0.25) is 0 Å². The van der Waals surface area contributed by atoms with Crippen LogP contribution in [-0.2, 0) is 0 Å². The summed E-state index contributed by atoms with van der Waals surface area (Å²) >= 11 is 0. The normalized spacial score (nSPS) is 42.3. The number of rotatable bonds is 0. The lowest BCUT2D eigenvalue weighted by Crippen LogP contribution is -2.40. The minimum Gasteiger partial charge on any atom is -0.389 e. The third kappa shape index (κ3) is 5.59. The van der Waals surface area contributed by atoms with Gasteiger partial charge in [-0.1, -0.05) is 0 Å². The molecular formula is C12H28Cl2N2O2.